The Morgan fingerprint density at radius 1 is 1.13 bits per heavy atom. The maximum absolute atomic E-state index is 12.9. The number of fused-ring (bicyclic) bond motifs is 2. The molecule has 7 nitrogen and oxygen atoms in total. The lowest BCUT2D eigenvalue weighted by atomic mass is 9.77. The summed E-state index contributed by atoms with van der Waals surface area (Å²) in [6.45, 7) is 5.63. The Kier molecular flexibility index (Phi) is 5.11. The molecule has 1 aromatic carbocycles. The zero-order chi connectivity index (χ0) is 20.9. The first-order valence-corrected chi connectivity index (χ1v) is 12.6. The van der Waals surface area contributed by atoms with E-state index in [0.717, 1.165) is 36.4 Å². The highest BCUT2D eigenvalue weighted by Crippen LogP contribution is 2.35. The van der Waals surface area contributed by atoms with Crippen molar-refractivity contribution in [1.82, 2.24) is 20.5 Å². The zero-order valence-corrected chi connectivity index (χ0v) is 18.5. The van der Waals surface area contributed by atoms with E-state index in [1.54, 1.807) is 4.31 Å². The fourth-order valence-electron chi connectivity index (χ4n) is 5.22. The molecule has 3 N–H and O–H groups in total. The van der Waals surface area contributed by atoms with E-state index in [2.05, 4.69) is 30.0 Å². The molecule has 3 heterocycles. The van der Waals surface area contributed by atoms with Gasteiger partial charge in [0.25, 0.3) is 0 Å². The lowest BCUT2D eigenvalue weighted by Crippen LogP contribution is -2.48. The second kappa shape index (κ2) is 7.66. The SMILES string of the molecule is CC1CC2N=C(C3=C4CCN(S(=O)(=O)Cc5ccccc5)CC4NN3)NC2C[C@@H]1C. The van der Waals surface area contributed by atoms with E-state index in [0.29, 0.717) is 37.0 Å². The van der Waals surface area contributed by atoms with E-state index in [4.69, 9.17) is 4.99 Å². The number of hydrazine groups is 1. The molecule has 2 fully saturated rings. The van der Waals surface area contributed by atoms with E-state index < -0.39 is 10.0 Å². The number of nitrogens with zero attached hydrogens (tertiary/aromatic N) is 2. The monoisotopic (exact) mass is 429 g/mol. The number of sulfonamides is 1. The van der Waals surface area contributed by atoms with Gasteiger partial charge in [0.15, 0.2) is 0 Å². The lowest BCUT2D eigenvalue weighted by molar-refractivity contribution is 0.225. The fourth-order valence-corrected chi connectivity index (χ4v) is 6.76. The fraction of sp³-hybridized carbons (Fsp3) is 0.591. The maximum Gasteiger partial charge on any atom is 0.218 e. The van der Waals surface area contributed by atoms with Gasteiger partial charge in [0.05, 0.1) is 29.6 Å². The third-order valence-electron chi connectivity index (χ3n) is 7.24. The molecule has 0 aromatic heterocycles. The molecule has 8 heteroatoms. The lowest BCUT2D eigenvalue weighted by Gasteiger charge is -2.33. The summed E-state index contributed by atoms with van der Waals surface area (Å²) in [5, 5.41) is 3.65. The normalized spacial score (nSPS) is 34.1. The summed E-state index contributed by atoms with van der Waals surface area (Å²) in [6.07, 6.45) is 3.01. The zero-order valence-electron chi connectivity index (χ0n) is 17.6. The molecule has 5 atom stereocenters. The molecule has 4 aliphatic rings. The van der Waals surface area contributed by atoms with Crippen LogP contribution in [0, 0.1) is 11.8 Å². The van der Waals surface area contributed by atoms with Crippen molar-refractivity contribution in [2.24, 2.45) is 16.8 Å². The van der Waals surface area contributed by atoms with Crippen LogP contribution < -0.4 is 16.2 Å². The van der Waals surface area contributed by atoms with Crippen LogP contribution in [0.2, 0.25) is 0 Å². The van der Waals surface area contributed by atoms with Crippen LogP contribution >= 0.6 is 0 Å². The van der Waals surface area contributed by atoms with Gasteiger partial charge in [-0.1, -0.05) is 44.2 Å². The molecule has 1 saturated heterocycles. The standard InChI is InChI=1S/C22H31N5O2S/c1-14-10-18-19(11-15(14)2)24-22(23-18)21-17-8-9-27(12-20(17)25-26-21)30(28,29)13-16-6-4-3-5-7-16/h3-7,14-15,18-20,25-26H,8-13H2,1-2H3,(H,23,24)/t14-,15?,18?,19?,20?/m0/s1. The highest BCUT2D eigenvalue weighted by Gasteiger charge is 2.41. The third kappa shape index (κ3) is 3.65. The molecule has 0 bridgehead atoms. The minimum absolute atomic E-state index is 0.00993. The van der Waals surface area contributed by atoms with Crippen molar-refractivity contribution in [3.05, 3.63) is 47.2 Å². The number of piperidine rings is 1. The van der Waals surface area contributed by atoms with Gasteiger partial charge in [-0.15, -0.1) is 0 Å². The van der Waals surface area contributed by atoms with E-state index in [1.165, 1.54) is 5.57 Å². The Labute approximate surface area is 179 Å². The number of benzene rings is 1. The van der Waals surface area contributed by atoms with E-state index in [-0.39, 0.29) is 11.8 Å². The summed E-state index contributed by atoms with van der Waals surface area (Å²) in [5.41, 5.74) is 9.71. The Hall–Kier alpha value is -1.90. The highest BCUT2D eigenvalue weighted by atomic mass is 32.2. The molecular formula is C22H31N5O2S. The molecule has 4 unspecified atom stereocenters. The summed E-state index contributed by atoms with van der Waals surface area (Å²) >= 11 is 0. The van der Waals surface area contributed by atoms with E-state index in [1.807, 2.05) is 30.3 Å². The highest BCUT2D eigenvalue weighted by molar-refractivity contribution is 7.88. The van der Waals surface area contributed by atoms with Crippen LogP contribution in [-0.2, 0) is 15.8 Å². The number of hydrogen-bond donors (Lipinski definition) is 3. The van der Waals surface area contributed by atoms with E-state index >= 15 is 0 Å². The Balaban J connectivity index is 1.29. The van der Waals surface area contributed by atoms with Gasteiger partial charge in [-0.3, -0.25) is 4.99 Å². The Morgan fingerprint density at radius 3 is 2.70 bits per heavy atom. The van der Waals surface area contributed by atoms with Crippen molar-refractivity contribution in [2.45, 2.75) is 57.0 Å². The largest absolute Gasteiger partial charge is 0.364 e. The van der Waals surface area contributed by atoms with Gasteiger partial charge in [-0.2, -0.15) is 4.31 Å². The Bertz CT molecular complexity index is 975. The van der Waals surface area contributed by atoms with Gasteiger partial charge < -0.3 is 10.7 Å². The maximum atomic E-state index is 12.9. The van der Waals surface area contributed by atoms with Crippen molar-refractivity contribution in [2.75, 3.05) is 13.1 Å². The van der Waals surface area contributed by atoms with Crippen LogP contribution in [0.5, 0.6) is 0 Å². The second-order valence-electron chi connectivity index (χ2n) is 9.29. The molecule has 3 aliphatic heterocycles. The number of nitrogens with one attached hydrogen (secondary N) is 3. The topological polar surface area (TPSA) is 85.8 Å². The molecule has 0 radical (unpaired) electrons. The van der Waals surface area contributed by atoms with Gasteiger partial charge in [-0.25, -0.2) is 13.8 Å². The van der Waals surface area contributed by atoms with Crippen LogP contribution in [-0.4, -0.2) is 49.8 Å². The summed E-state index contributed by atoms with van der Waals surface area (Å²) in [5.74, 6) is 2.42. The summed E-state index contributed by atoms with van der Waals surface area (Å²) < 4.78 is 27.5. The summed E-state index contributed by atoms with van der Waals surface area (Å²) in [6, 6.07) is 10.2. The van der Waals surface area contributed by atoms with Crippen LogP contribution in [0.15, 0.2) is 46.6 Å². The number of hydrogen-bond acceptors (Lipinski definition) is 6. The van der Waals surface area contributed by atoms with Gasteiger partial charge in [0.1, 0.15) is 5.84 Å². The molecule has 162 valence electrons. The summed E-state index contributed by atoms with van der Waals surface area (Å²) in [4.78, 5) is 5.00. The minimum Gasteiger partial charge on any atom is -0.364 e. The summed E-state index contributed by atoms with van der Waals surface area (Å²) in [7, 11) is -3.34. The van der Waals surface area contributed by atoms with Crippen LogP contribution in [0.3, 0.4) is 0 Å². The average Bonchev–Trinajstić information content (AvgIpc) is 3.32. The predicted octanol–water partition coefficient (Wildman–Crippen LogP) is 1.76. The molecule has 1 aromatic rings. The van der Waals surface area contributed by atoms with Gasteiger partial charge in [0, 0.05) is 13.1 Å². The second-order valence-corrected chi connectivity index (χ2v) is 11.3. The molecular weight excluding hydrogens is 398 g/mol. The van der Waals surface area contributed by atoms with Gasteiger partial charge in [-0.05, 0) is 42.2 Å². The predicted molar refractivity (Wildman–Crippen MR) is 118 cm³/mol. The van der Waals surface area contributed by atoms with Crippen LogP contribution in [0.1, 0.15) is 38.7 Å². The first kappa shape index (κ1) is 20.0. The first-order chi connectivity index (χ1) is 14.4. The number of aliphatic imine (C=N–C) groups is 1. The molecule has 30 heavy (non-hydrogen) atoms. The quantitative estimate of drug-likeness (QED) is 0.679. The van der Waals surface area contributed by atoms with Crippen molar-refractivity contribution < 1.29 is 8.42 Å². The number of amidine groups is 1. The van der Waals surface area contributed by atoms with Crippen molar-refractivity contribution in [1.29, 1.82) is 0 Å². The molecule has 5 rings (SSSR count). The third-order valence-corrected chi connectivity index (χ3v) is 9.06. The molecule has 1 saturated carbocycles. The molecule has 0 amide bonds. The number of rotatable bonds is 4. The minimum atomic E-state index is -3.34. The smallest absolute Gasteiger partial charge is 0.218 e. The van der Waals surface area contributed by atoms with E-state index in [9.17, 15) is 8.42 Å². The van der Waals surface area contributed by atoms with Crippen molar-refractivity contribution in [3.63, 3.8) is 0 Å². The van der Waals surface area contributed by atoms with Crippen LogP contribution in [0.4, 0.5) is 0 Å². The molecule has 0 spiro atoms. The van der Waals surface area contributed by atoms with Crippen molar-refractivity contribution >= 4 is 15.9 Å². The van der Waals surface area contributed by atoms with Crippen molar-refractivity contribution in [3.8, 4) is 0 Å². The average molecular weight is 430 g/mol. The Morgan fingerprint density at radius 2 is 1.90 bits per heavy atom. The van der Waals surface area contributed by atoms with Gasteiger partial charge in [0.2, 0.25) is 10.0 Å². The first-order valence-electron chi connectivity index (χ1n) is 11.0. The van der Waals surface area contributed by atoms with Gasteiger partial charge >= 0.3 is 0 Å². The van der Waals surface area contributed by atoms with Crippen LogP contribution in [0.25, 0.3) is 0 Å². The molecule has 1 aliphatic carbocycles.